The van der Waals surface area contributed by atoms with Gasteiger partial charge in [-0.15, -0.1) is 0 Å². The zero-order chi connectivity index (χ0) is 26.3. The van der Waals surface area contributed by atoms with Gasteiger partial charge in [-0.3, -0.25) is 9.78 Å². The topological polar surface area (TPSA) is 95.0 Å². The Balaban J connectivity index is 1.79. The van der Waals surface area contributed by atoms with Crippen molar-refractivity contribution in [3.05, 3.63) is 93.5 Å². The summed E-state index contributed by atoms with van der Waals surface area (Å²) in [4.78, 5) is 17.8. The number of hydrogen-bond donors (Lipinski definition) is 1. The SMILES string of the molecule is CCc1cc2c(ccc(=O)n2Cc2ccc(-c3cccc(C(C)(C)C)c3S(N)(=O)=O)cc2)c(CC)n1. The van der Waals surface area contributed by atoms with Crippen molar-refractivity contribution in [1.82, 2.24) is 9.55 Å². The third-order valence-electron chi connectivity index (χ3n) is 6.53. The molecule has 0 aliphatic carbocycles. The molecule has 0 radical (unpaired) electrons. The molecule has 2 heterocycles. The van der Waals surface area contributed by atoms with E-state index in [0.717, 1.165) is 46.3 Å². The molecule has 0 fully saturated rings. The molecule has 0 atom stereocenters. The van der Waals surface area contributed by atoms with Gasteiger partial charge in [0.1, 0.15) is 0 Å². The molecule has 2 N–H and O–H groups in total. The molecule has 36 heavy (non-hydrogen) atoms. The van der Waals surface area contributed by atoms with Gasteiger partial charge in [0.2, 0.25) is 10.0 Å². The number of nitrogens with zero attached hydrogens (tertiary/aromatic N) is 2. The third-order valence-corrected chi connectivity index (χ3v) is 7.54. The molecule has 2 aromatic carbocycles. The number of hydrogen-bond acceptors (Lipinski definition) is 4. The average molecular weight is 504 g/mol. The van der Waals surface area contributed by atoms with Gasteiger partial charge in [0.25, 0.3) is 5.56 Å². The molecule has 7 heteroatoms. The molecule has 0 saturated carbocycles. The van der Waals surface area contributed by atoms with Crippen LogP contribution >= 0.6 is 0 Å². The highest BCUT2D eigenvalue weighted by Gasteiger charge is 2.26. The molecule has 188 valence electrons. The molecule has 0 aliphatic rings. The molecule has 0 bridgehead atoms. The van der Waals surface area contributed by atoms with Crippen LogP contribution < -0.4 is 10.7 Å². The number of aromatic nitrogens is 2. The number of benzene rings is 2. The molecule has 2 aromatic heterocycles. The Morgan fingerprint density at radius 1 is 0.944 bits per heavy atom. The number of sulfonamides is 1. The van der Waals surface area contributed by atoms with E-state index in [4.69, 9.17) is 10.1 Å². The number of pyridine rings is 2. The van der Waals surface area contributed by atoms with Gasteiger partial charge < -0.3 is 4.57 Å². The zero-order valence-electron chi connectivity index (χ0n) is 21.5. The van der Waals surface area contributed by atoms with E-state index < -0.39 is 15.4 Å². The van der Waals surface area contributed by atoms with Gasteiger partial charge in [0, 0.05) is 28.4 Å². The Labute approximate surface area is 212 Å². The molecule has 0 unspecified atom stereocenters. The van der Waals surface area contributed by atoms with Crippen molar-refractivity contribution < 1.29 is 8.42 Å². The molecular formula is C29H33N3O3S. The summed E-state index contributed by atoms with van der Waals surface area (Å²) in [5.74, 6) is 0. The largest absolute Gasteiger partial charge is 0.304 e. The minimum atomic E-state index is -3.95. The standard InChI is InChI=1S/C29H33N3O3S/c1-6-21-17-26-23(25(7-2)31-21)15-16-27(33)32(26)18-19-11-13-20(14-12-19)22-9-8-10-24(29(3,4)5)28(22)36(30,34)35/h8-17H,6-7,18H2,1-5H3,(H2,30,34,35). The van der Waals surface area contributed by atoms with Crippen molar-refractivity contribution >= 4 is 20.9 Å². The fraction of sp³-hybridized carbons (Fsp3) is 0.310. The van der Waals surface area contributed by atoms with Crippen LogP contribution in [-0.4, -0.2) is 18.0 Å². The first-order valence-electron chi connectivity index (χ1n) is 12.2. The summed E-state index contributed by atoms with van der Waals surface area (Å²) in [6.45, 7) is 10.4. The van der Waals surface area contributed by atoms with Crippen LogP contribution in [0.25, 0.3) is 22.0 Å². The Morgan fingerprint density at radius 2 is 1.64 bits per heavy atom. The Bertz CT molecular complexity index is 1600. The lowest BCUT2D eigenvalue weighted by molar-refractivity contribution is 0.563. The molecule has 0 saturated heterocycles. The Hall–Kier alpha value is -3.29. The minimum Gasteiger partial charge on any atom is -0.304 e. The fourth-order valence-corrected chi connectivity index (χ4v) is 5.84. The summed E-state index contributed by atoms with van der Waals surface area (Å²) in [7, 11) is -3.95. The van der Waals surface area contributed by atoms with Crippen molar-refractivity contribution in [2.24, 2.45) is 5.14 Å². The van der Waals surface area contributed by atoms with Crippen molar-refractivity contribution in [1.29, 1.82) is 0 Å². The van der Waals surface area contributed by atoms with Gasteiger partial charge in [0.05, 0.1) is 17.0 Å². The zero-order valence-corrected chi connectivity index (χ0v) is 22.3. The summed E-state index contributed by atoms with van der Waals surface area (Å²) in [6.07, 6.45) is 1.58. The van der Waals surface area contributed by atoms with Crippen molar-refractivity contribution in [2.45, 2.75) is 64.3 Å². The monoisotopic (exact) mass is 503 g/mol. The summed E-state index contributed by atoms with van der Waals surface area (Å²) >= 11 is 0. The fourth-order valence-electron chi connectivity index (χ4n) is 4.66. The van der Waals surface area contributed by atoms with E-state index >= 15 is 0 Å². The highest BCUT2D eigenvalue weighted by Crippen LogP contribution is 2.36. The molecule has 0 aliphatic heterocycles. The predicted molar refractivity (Wildman–Crippen MR) is 146 cm³/mol. The summed E-state index contributed by atoms with van der Waals surface area (Å²) in [5.41, 5.74) is 5.31. The second-order valence-corrected chi connectivity index (χ2v) is 11.6. The maximum absolute atomic E-state index is 12.9. The van der Waals surface area contributed by atoms with Gasteiger partial charge in [-0.2, -0.15) is 0 Å². The van der Waals surface area contributed by atoms with E-state index in [-0.39, 0.29) is 10.5 Å². The van der Waals surface area contributed by atoms with Crippen molar-refractivity contribution in [3.63, 3.8) is 0 Å². The lowest BCUT2D eigenvalue weighted by atomic mass is 9.85. The molecular weight excluding hydrogens is 470 g/mol. The van der Waals surface area contributed by atoms with Crippen LogP contribution in [0.3, 0.4) is 0 Å². The van der Waals surface area contributed by atoms with Gasteiger partial charge >= 0.3 is 0 Å². The number of fused-ring (bicyclic) bond motifs is 1. The Kier molecular flexibility index (Phi) is 6.90. The van der Waals surface area contributed by atoms with E-state index in [1.807, 2.05) is 69.3 Å². The molecule has 4 rings (SSSR count). The van der Waals surface area contributed by atoms with Crippen LogP contribution in [0.1, 0.15) is 57.1 Å². The van der Waals surface area contributed by atoms with Crippen molar-refractivity contribution in [2.75, 3.05) is 0 Å². The number of primary sulfonamides is 1. The number of aryl methyl sites for hydroxylation is 2. The quantitative estimate of drug-likeness (QED) is 0.392. The maximum atomic E-state index is 12.9. The normalized spacial score (nSPS) is 12.3. The van der Waals surface area contributed by atoms with Crippen LogP contribution in [0.2, 0.25) is 0 Å². The van der Waals surface area contributed by atoms with Crippen LogP contribution in [0, 0.1) is 0 Å². The van der Waals surface area contributed by atoms with E-state index in [1.54, 1.807) is 16.7 Å². The number of rotatable bonds is 6. The first-order chi connectivity index (χ1) is 16.9. The lowest BCUT2D eigenvalue weighted by Crippen LogP contribution is -2.22. The van der Waals surface area contributed by atoms with E-state index in [2.05, 4.69) is 13.8 Å². The molecule has 0 amide bonds. The van der Waals surface area contributed by atoms with Crippen LogP contribution in [0.4, 0.5) is 0 Å². The molecule has 0 spiro atoms. The predicted octanol–water partition coefficient (Wildman–Crippen LogP) is 5.18. The van der Waals surface area contributed by atoms with Crippen molar-refractivity contribution in [3.8, 4) is 11.1 Å². The van der Waals surface area contributed by atoms with Gasteiger partial charge in [-0.25, -0.2) is 13.6 Å². The molecule has 4 aromatic rings. The van der Waals surface area contributed by atoms with Crippen LogP contribution in [0.5, 0.6) is 0 Å². The summed E-state index contributed by atoms with van der Waals surface area (Å²) < 4.78 is 27.0. The second kappa shape index (κ2) is 9.64. The Morgan fingerprint density at radius 3 is 2.22 bits per heavy atom. The minimum absolute atomic E-state index is 0.0729. The van der Waals surface area contributed by atoms with E-state index in [1.165, 1.54) is 0 Å². The highest BCUT2D eigenvalue weighted by atomic mass is 32.2. The maximum Gasteiger partial charge on any atom is 0.251 e. The summed E-state index contributed by atoms with van der Waals surface area (Å²) in [6, 6.07) is 18.6. The first kappa shape index (κ1) is 25.8. The van der Waals surface area contributed by atoms with E-state index in [0.29, 0.717) is 17.7 Å². The third kappa shape index (κ3) is 4.99. The lowest BCUT2D eigenvalue weighted by Gasteiger charge is -2.24. The van der Waals surface area contributed by atoms with E-state index in [9.17, 15) is 13.2 Å². The highest BCUT2D eigenvalue weighted by molar-refractivity contribution is 7.89. The van der Waals surface area contributed by atoms with Gasteiger partial charge in [0.15, 0.2) is 0 Å². The second-order valence-electron chi connectivity index (χ2n) is 10.1. The smallest absolute Gasteiger partial charge is 0.251 e. The van der Waals surface area contributed by atoms with Crippen LogP contribution in [-0.2, 0) is 34.8 Å². The first-order valence-corrected chi connectivity index (χ1v) is 13.8. The number of nitrogens with two attached hydrogens (primary N) is 1. The average Bonchev–Trinajstić information content (AvgIpc) is 2.84. The molecule has 6 nitrogen and oxygen atoms in total. The van der Waals surface area contributed by atoms with Gasteiger partial charge in [-0.05, 0) is 47.1 Å². The van der Waals surface area contributed by atoms with Gasteiger partial charge in [-0.1, -0.05) is 77.1 Å². The van der Waals surface area contributed by atoms with Crippen LogP contribution in [0.15, 0.2) is 70.4 Å². The summed E-state index contributed by atoms with van der Waals surface area (Å²) in [5, 5.41) is 6.66.